The molecule has 0 aliphatic carbocycles. The molecular weight excluding hydrogens is 336 g/mol. The molecule has 0 fully saturated rings. The van der Waals surface area contributed by atoms with Crippen LogP contribution in [-0.2, 0) is 0 Å². The normalized spacial score (nSPS) is 10.6. The molecule has 4 rings (SSSR count). The minimum absolute atomic E-state index is 0.236. The van der Waals surface area contributed by atoms with Gasteiger partial charge >= 0.3 is 0 Å². The van der Waals surface area contributed by atoms with Crippen molar-refractivity contribution in [2.24, 2.45) is 0 Å². The van der Waals surface area contributed by atoms with Crippen molar-refractivity contribution in [1.29, 1.82) is 0 Å². The molecule has 0 saturated heterocycles. The Morgan fingerprint density at radius 2 is 1.52 bits per heavy atom. The molecule has 0 aliphatic rings. The number of amides is 1. The molecule has 0 spiro atoms. The van der Waals surface area contributed by atoms with Crippen molar-refractivity contribution in [3.63, 3.8) is 0 Å². The van der Waals surface area contributed by atoms with Gasteiger partial charge in [0.2, 0.25) is 0 Å². The van der Waals surface area contributed by atoms with Crippen molar-refractivity contribution in [1.82, 2.24) is 15.1 Å². The first-order chi connectivity index (χ1) is 13.2. The minimum atomic E-state index is -0.236. The molecule has 0 radical (unpaired) electrons. The third-order valence-electron chi connectivity index (χ3n) is 4.25. The second-order valence-corrected chi connectivity index (χ2v) is 6.24. The van der Waals surface area contributed by atoms with Gasteiger partial charge in [0.05, 0.1) is 0 Å². The molecule has 1 amide bonds. The Bertz CT molecular complexity index is 1070. The second kappa shape index (κ2) is 7.25. The van der Waals surface area contributed by atoms with Gasteiger partial charge in [-0.05, 0) is 24.3 Å². The van der Waals surface area contributed by atoms with Gasteiger partial charge in [-0.15, -0.1) is 5.10 Å². The fourth-order valence-electron chi connectivity index (χ4n) is 2.95. The van der Waals surface area contributed by atoms with Gasteiger partial charge in [-0.3, -0.25) is 4.79 Å². The standard InChI is InChI=1S/C22H18N4O/c1-16-9-8-14-19(15-16)22(27)24-26-21(18-12-6-3-7-13-18)20(23-25-26)17-10-4-2-5-11-17/h2-15H,1H3,(H,24,27). The van der Waals surface area contributed by atoms with Crippen LogP contribution >= 0.6 is 0 Å². The van der Waals surface area contributed by atoms with Crippen LogP contribution in [0.3, 0.4) is 0 Å². The molecule has 27 heavy (non-hydrogen) atoms. The lowest BCUT2D eigenvalue weighted by Gasteiger charge is -2.10. The Morgan fingerprint density at radius 1 is 0.852 bits per heavy atom. The van der Waals surface area contributed by atoms with Crippen LogP contribution in [0.2, 0.25) is 0 Å². The summed E-state index contributed by atoms with van der Waals surface area (Å²) in [6, 6.07) is 27.0. The van der Waals surface area contributed by atoms with E-state index in [1.807, 2.05) is 85.8 Å². The molecule has 4 aromatic rings. The highest BCUT2D eigenvalue weighted by Gasteiger charge is 2.18. The maximum atomic E-state index is 12.7. The Labute approximate surface area is 157 Å². The zero-order chi connectivity index (χ0) is 18.6. The van der Waals surface area contributed by atoms with E-state index in [1.165, 1.54) is 4.79 Å². The largest absolute Gasteiger partial charge is 0.271 e. The molecule has 1 N–H and O–H groups in total. The van der Waals surface area contributed by atoms with Gasteiger partial charge < -0.3 is 0 Å². The fourth-order valence-corrected chi connectivity index (χ4v) is 2.95. The highest BCUT2D eigenvalue weighted by atomic mass is 16.2. The number of nitrogens with zero attached hydrogens (tertiary/aromatic N) is 3. The number of hydrogen-bond donors (Lipinski definition) is 1. The van der Waals surface area contributed by atoms with Crippen LogP contribution < -0.4 is 5.43 Å². The Morgan fingerprint density at radius 3 is 2.19 bits per heavy atom. The first-order valence-electron chi connectivity index (χ1n) is 8.67. The van der Waals surface area contributed by atoms with Gasteiger partial charge in [0, 0.05) is 16.7 Å². The third-order valence-corrected chi connectivity index (χ3v) is 4.25. The Balaban J connectivity index is 1.77. The second-order valence-electron chi connectivity index (χ2n) is 6.24. The number of carbonyl (C=O) groups is 1. The summed E-state index contributed by atoms with van der Waals surface area (Å²) in [6.45, 7) is 1.95. The summed E-state index contributed by atoms with van der Waals surface area (Å²) in [5.74, 6) is -0.236. The van der Waals surface area contributed by atoms with E-state index in [-0.39, 0.29) is 5.91 Å². The smallest absolute Gasteiger partial charge is 0.267 e. The van der Waals surface area contributed by atoms with E-state index in [0.717, 1.165) is 22.4 Å². The number of benzene rings is 3. The molecule has 1 aromatic heterocycles. The maximum absolute atomic E-state index is 12.7. The van der Waals surface area contributed by atoms with Crippen LogP contribution in [0.5, 0.6) is 0 Å². The molecular formula is C22H18N4O. The number of hydrogen-bond acceptors (Lipinski definition) is 3. The minimum Gasteiger partial charge on any atom is -0.267 e. The van der Waals surface area contributed by atoms with Gasteiger partial charge in [-0.2, -0.15) is 4.79 Å². The number of carbonyl (C=O) groups excluding carboxylic acids is 1. The zero-order valence-corrected chi connectivity index (χ0v) is 14.8. The van der Waals surface area contributed by atoms with Crippen molar-refractivity contribution in [3.8, 4) is 22.5 Å². The van der Waals surface area contributed by atoms with Crippen LogP contribution in [0.1, 0.15) is 15.9 Å². The average molecular weight is 354 g/mol. The first-order valence-corrected chi connectivity index (χ1v) is 8.67. The summed E-state index contributed by atoms with van der Waals surface area (Å²) >= 11 is 0. The first kappa shape index (κ1) is 16.7. The summed E-state index contributed by atoms with van der Waals surface area (Å²) in [7, 11) is 0. The van der Waals surface area contributed by atoms with E-state index in [0.29, 0.717) is 11.3 Å². The third kappa shape index (κ3) is 3.48. The maximum Gasteiger partial charge on any atom is 0.271 e. The summed E-state index contributed by atoms with van der Waals surface area (Å²) < 4.78 is 0. The SMILES string of the molecule is Cc1cccc(C(=O)Nn2nnc(-c3ccccc3)c2-c2ccccc2)c1. The van der Waals surface area contributed by atoms with Gasteiger partial charge in [-0.1, -0.05) is 78.4 Å². The summed E-state index contributed by atoms with van der Waals surface area (Å²) in [4.78, 5) is 14.1. The van der Waals surface area contributed by atoms with Gasteiger partial charge in [0.25, 0.3) is 5.91 Å². The molecule has 5 heteroatoms. The molecule has 1 heterocycles. The monoisotopic (exact) mass is 354 g/mol. The molecule has 0 saturated carbocycles. The van der Waals surface area contributed by atoms with E-state index in [4.69, 9.17) is 0 Å². The highest BCUT2D eigenvalue weighted by molar-refractivity contribution is 6.00. The van der Waals surface area contributed by atoms with E-state index >= 15 is 0 Å². The summed E-state index contributed by atoms with van der Waals surface area (Å²) in [5.41, 5.74) is 7.76. The molecule has 5 nitrogen and oxygen atoms in total. The number of rotatable bonds is 4. The Hall–Kier alpha value is -3.73. The fraction of sp³-hybridized carbons (Fsp3) is 0.0455. The lowest BCUT2D eigenvalue weighted by molar-refractivity contribution is 0.100. The molecule has 3 aromatic carbocycles. The molecule has 132 valence electrons. The van der Waals surface area contributed by atoms with Crippen molar-refractivity contribution < 1.29 is 4.79 Å². The Kier molecular flexibility index (Phi) is 4.49. The van der Waals surface area contributed by atoms with Crippen LogP contribution in [0.4, 0.5) is 0 Å². The molecule has 0 unspecified atom stereocenters. The van der Waals surface area contributed by atoms with Crippen molar-refractivity contribution in [3.05, 3.63) is 96.1 Å². The van der Waals surface area contributed by atoms with Crippen LogP contribution in [-0.4, -0.2) is 21.0 Å². The number of aromatic nitrogens is 3. The van der Waals surface area contributed by atoms with Gasteiger partial charge in [0.15, 0.2) is 0 Å². The van der Waals surface area contributed by atoms with Gasteiger partial charge in [0.1, 0.15) is 11.4 Å². The van der Waals surface area contributed by atoms with E-state index < -0.39 is 0 Å². The summed E-state index contributed by atoms with van der Waals surface area (Å²) in [6.07, 6.45) is 0. The lowest BCUT2D eigenvalue weighted by Crippen LogP contribution is -2.25. The van der Waals surface area contributed by atoms with E-state index in [1.54, 1.807) is 6.07 Å². The van der Waals surface area contributed by atoms with Gasteiger partial charge in [-0.25, -0.2) is 5.43 Å². The van der Waals surface area contributed by atoms with Crippen molar-refractivity contribution in [2.75, 3.05) is 5.43 Å². The predicted molar refractivity (Wildman–Crippen MR) is 106 cm³/mol. The van der Waals surface area contributed by atoms with Crippen molar-refractivity contribution in [2.45, 2.75) is 6.92 Å². The highest BCUT2D eigenvalue weighted by Crippen LogP contribution is 2.29. The number of aryl methyl sites for hydroxylation is 1. The zero-order valence-electron chi connectivity index (χ0n) is 14.8. The molecule has 0 atom stereocenters. The van der Waals surface area contributed by atoms with Crippen molar-refractivity contribution >= 4 is 5.91 Å². The number of nitrogens with one attached hydrogen (secondary N) is 1. The van der Waals surface area contributed by atoms with E-state index in [9.17, 15) is 4.79 Å². The van der Waals surface area contributed by atoms with Crippen LogP contribution in [0.25, 0.3) is 22.5 Å². The topological polar surface area (TPSA) is 59.8 Å². The molecule has 0 bridgehead atoms. The summed E-state index contributed by atoms with van der Waals surface area (Å²) in [5, 5.41) is 8.52. The van der Waals surface area contributed by atoms with Crippen LogP contribution in [0, 0.1) is 6.92 Å². The lowest BCUT2D eigenvalue weighted by atomic mass is 10.1. The predicted octanol–water partition coefficient (Wildman–Crippen LogP) is 4.30. The average Bonchev–Trinajstić information content (AvgIpc) is 3.13. The van der Waals surface area contributed by atoms with Crippen LogP contribution in [0.15, 0.2) is 84.9 Å². The molecule has 0 aliphatic heterocycles. The quantitative estimate of drug-likeness (QED) is 0.594. The van der Waals surface area contributed by atoms with E-state index in [2.05, 4.69) is 15.7 Å².